The molecule has 0 spiro atoms. The Morgan fingerprint density at radius 2 is 1.60 bits per heavy atom. The number of hydrogen-bond acceptors (Lipinski definition) is 2. The van der Waals surface area contributed by atoms with Gasteiger partial charge in [-0.2, -0.15) is 0 Å². The first kappa shape index (κ1) is 14.3. The molecule has 0 aromatic heterocycles. The fraction of sp³-hybridized carbons (Fsp3) is 0.235. The maximum absolute atomic E-state index is 11.6. The molecule has 1 amide bonds. The summed E-state index contributed by atoms with van der Waals surface area (Å²) in [5.74, 6) is -0.0513. The van der Waals surface area contributed by atoms with Crippen molar-refractivity contribution in [3.63, 3.8) is 0 Å². The molecule has 0 fully saturated rings. The molecular formula is C17H20N2O. The molecule has 0 heterocycles. The molecule has 0 aliphatic carbocycles. The summed E-state index contributed by atoms with van der Waals surface area (Å²) >= 11 is 0. The van der Waals surface area contributed by atoms with E-state index in [9.17, 15) is 4.79 Å². The molecule has 0 aliphatic heterocycles. The van der Waals surface area contributed by atoms with Crippen LogP contribution in [0.15, 0.2) is 54.6 Å². The second-order valence-corrected chi connectivity index (χ2v) is 4.87. The number of amides is 1. The molecule has 20 heavy (non-hydrogen) atoms. The van der Waals surface area contributed by atoms with Gasteiger partial charge in [0.05, 0.1) is 12.6 Å². The monoisotopic (exact) mass is 268 g/mol. The quantitative estimate of drug-likeness (QED) is 0.926. The van der Waals surface area contributed by atoms with Crippen LogP contribution >= 0.6 is 0 Å². The van der Waals surface area contributed by atoms with Crippen LogP contribution in [-0.2, 0) is 4.79 Å². The Morgan fingerprint density at radius 1 is 1.05 bits per heavy atom. The summed E-state index contributed by atoms with van der Waals surface area (Å²) in [4.78, 5) is 13.3. The van der Waals surface area contributed by atoms with E-state index in [0.717, 1.165) is 5.56 Å². The molecule has 0 aliphatic rings. The lowest BCUT2D eigenvalue weighted by molar-refractivity contribution is -0.130. The second kappa shape index (κ2) is 6.35. The number of nitrogens with zero attached hydrogens (tertiary/aromatic N) is 1. The summed E-state index contributed by atoms with van der Waals surface area (Å²) in [6, 6.07) is 18.6. The van der Waals surface area contributed by atoms with Crippen LogP contribution in [0.4, 0.5) is 0 Å². The molecule has 2 aromatic carbocycles. The molecule has 3 nitrogen and oxygen atoms in total. The van der Waals surface area contributed by atoms with Crippen LogP contribution in [0.25, 0.3) is 11.1 Å². The van der Waals surface area contributed by atoms with Crippen molar-refractivity contribution in [1.29, 1.82) is 0 Å². The Hall–Kier alpha value is -2.13. The first-order valence-corrected chi connectivity index (χ1v) is 6.74. The number of carbonyl (C=O) groups is 1. The minimum atomic E-state index is -0.0513. The number of nitrogens with two attached hydrogens (primary N) is 1. The molecule has 0 bridgehead atoms. The number of likely N-dealkylation sites (N-methyl/N-ethyl adjacent to an activating group) is 1. The highest BCUT2D eigenvalue weighted by Crippen LogP contribution is 2.24. The number of hydrogen-bond donors (Lipinski definition) is 1. The molecule has 0 unspecified atom stereocenters. The van der Waals surface area contributed by atoms with Crippen molar-refractivity contribution < 1.29 is 4.79 Å². The van der Waals surface area contributed by atoms with Crippen LogP contribution in [0.1, 0.15) is 18.5 Å². The molecule has 104 valence electrons. The maximum Gasteiger partial charge on any atom is 0.236 e. The lowest BCUT2D eigenvalue weighted by Crippen LogP contribution is -2.34. The van der Waals surface area contributed by atoms with Crippen molar-refractivity contribution in [2.45, 2.75) is 13.0 Å². The van der Waals surface area contributed by atoms with Gasteiger partial charge in [0.2, 0.25) is 5.91 Å². The number of benzene rings is 2. The van der Waals surface area contributed by atoms with Crippen LogP contribution in [-0.4, -0.2) is 24.4 Å². The smallest absolute Gasteiger partial charge is 0.236 e. The van der Waals surface area contributed by atoms with Crippen LogP contribution in [0, 0.1) is 0 Å². The molecular weight excluding hydrogens is 248 g/mol. The average Bonchev–Trinajstić information content (AvgIpc) is 2.53. The molecule has 2 N–H and O–H groups in total. The highest BCUT2D eigenvalue weighted by atomic mass is 16.2. The largest absolute Gasteiger partial charge is 0.338 e. The van der Waals surface area contributed by atoms with Crippen molar-refractivity contribution in [3.05, 3.63) is 60.2 Å². The van der Waals surface area contributed by atoms with E-state index in [1.54, 1.807) is 11.9 Å². The number of carbonyl (C=O) groups excluding carboxylic acids is 1. The van der Waals surface area contributed by atoms with Gasteiger partial charge in [-0.05, 0) is 23.6 Å². The van der Waals surface area contributed by atoms with E-state index in [1.165, 1.54) is 11.1 Å². The van der Waals surface area contributed by atoms with Crippen LogP contribution in [0.5, 0.6) is 0 Å². The zero-order chi connectivity index (χ0) is 14.5. The topological polar surface area (TPSA) is 46.3 Å². The van der Waals surface area contributed by atoms with E-state index in [0.29, 0.717) is 0 Å². The van der Waals surface area contributed by atoms with Gasteiger partial charge in [0, 0.05) is 7.05 Å². The maximum atomic E-state index is 11.6. The normalized spacial score (nSPS) is 11.9. The van der Waals surface area contributed by atoms with E-state index >= 15 is 0 Å². The fourth-order valence-electron chi connectivity index (χ4n) is 2.17. The average molecular weight is 268 g/mol. The highest BCUT2D eigenvalue weighted by molar-refractivity contribution is 5.78. The summed E-state index contributed by atoms with van der Waals surface area (Å²) in [6.45, 7) is 2.05. The van der Waals surface area contributed by atoms with Crippen LogP contribution in [0.2, 0.25) is 0 Å². The Bertz CT molecular complexity index is 563. The predicted octanol–water partition coefficient (Wildman–Crippen LogP) is 2.83. The van der Waals surface area contributed by atoms with Crippen LogP contribution in [0.3, 0.4) is 0 Å². The van der Waals surface area contributed by atoms with E-state index in [4.69, 9.17) is 5.73 Å². The first-order chi connectivity index (χ1) is 9.63. The number of rotatable bonds is 4. The molecule has 0 radical (unpaired) electrons. The van der Waals surface area contributed by atoms with Gasteiger partial charge in [-0.3, -0.25) is 4.79 Å². The molecule has 0 saturated carbocycles. The third kappa shape index (κ3) is 3.06. The first-order valence-electron chi connectivity index (χ1n) is 6.74. The summed E-state index contributed by atoms with van der Waals surface area (Å²) in [7, 11) is 1.78. The van der Waals surface area contributed by atoms with Gasteiger partial charge >= 0.3 is 0 Å². The Balaban J connectivity index is 2.18. The van der Waals surface area contributed by atoms with E-state index in [-0.39, 0.29) is 18.5 Å². The van der Waals surface area contributed by atoms with Gasteiger partial charge in [0.15, 0.2) is 0 Å². The third-order valence-corrected chi connectivity index (χ3v) is 3.65. The zero-order valence-electron chi connectivity index (χ0n) is 11.9. The van der Waals surface area contributed by atoms with Crippen molar-refractivity contribution >= 4 is 5.91 Å². The fourth-order valence-corrected chi connectivity index (χ4v) is 2.17. The third-order valence-electron chi connectivity index (χ3n) is 3.65. The van der Waals surface area contributed by atoms with E-state index in [2.05, 4.69) is 36.4 Å². The molecule has 3 heteroatoms. The standard InChI is InChI=1S/C17H20N2O/c1-13(19(2)17(20)12-18)14-8-10-16(11-9-14)15-6-4-3-5-7-15/h3-11,13H,12,18H2,1-2H3/t13-/m0/s1. The summed E-state index contributed by atoms with van der Waals surface area (Å²) in [5.41, 5.74) is 8.87. The van der Waals surface area contributed by atoms with Crippen molar-refractivity contribution in [3.8, 4) is 11.1 Å². The van der Waals surface area contributed by atoms with Gasteiger partial charge in [-0.25, -0.2) is 0 Å². The Morgan fingerprint density at radius 3 is 2.15 bits per heavy atom. The van der Waals surface area contributed by atoms with Crippen molar-refractivity contribution in [1.82, 2.24) is 4.90 Å². The van der Waals surface area contributed by atoms with E-state index in [1.807, 2.05) is 25.1 Å². The van der Waals surface area contributed by atoms with Crippen molar-refractivity contribution in [2.24, 2.45) is 5.73 Å². The lowest BCUT2D eigenvalue weighted by atomic mass is 10.0. The SMILES string of the molecule is C[C@@H](c1ccc(-c2ccccc2)cc1)N(C)C(=O)CN. The minimum absolute atomic E-state index is 0.0240. The van der Waals surface area contributed by atoms with Crippen molar-refractivity contribution in [2.75, 3.05) is 13.6 Å². The predicted molar refractivity (Wildman–Crippen MR) is 82.1 cm³/mol. The van der Waals surface area contributed by atoms with Gasteiger partial charge in [-0.1, -0.05) is 54.6 Å². The molecule has 0 saturated heterocycles. The molecule has 2 aromatic rings. The molecule has 2 rings (SSSR count). The zero-order valence-corrected chi connectivity index (χ0v) is 11.9. The van der Waals surface area contributed by atoms with E-state index < -0.39 is 0 Å². The summed E-state index contributed by atoms with van der Waals surface area (Å²) < 4.78 is 0. The van der Waals surface area contributed by atoms with Gasteiger partial charge in [-0.15, -0.1) is 0 Å². The second-order valence-electron chi connectivity index (χ2n) is 4.87. The Kier molecular flexibility index (Phi) is 4.53. The summed E-state index contributed by atoms with van der Waals surface area (Å²) in [5, 5.41) is 0. The van der Waals surface area contributed by atoms with Gasteiger partial charge in [0.25, 0.3) is 0 Å². The highest BCUT2D eigenvalue weighted by Gasteiger charge is 2.15. The van der Waals surface area contributed by atoms with Gasteiger partial charge < -0.3 is 10.6 Å². The van der Waals surface area contributed by atoms with Gasteiger partial charge in [0.1, 0.15) is 0 Å². The summed E-state index contributed by atoms with van der Waals surface area (Å²) in [6.07, 6.45) is 0. The van der Waals surface area contributed by atoms with Crippen LogP contribution < -0.4 is 5.73 Å². The lowest BCUT2D eigenvalue weighted by Gasteiger charge is -2.25. The Labute approximate surface area is 120 Å². The minimum Gasteiger partial charge on any atom is -0.338 e. The molecule has 1 atom stereocenters.